The molecule has 2 heterocycles. The van der Waals surface area contributed by atoms with Crippen molar-refractivity contribution in [3.8, 4) is 0 Å². The van der Waals surface area contributed by atoms with Gasteiger partial charge in [0.2, 0.25) is 5.13 Å². The molecule has 0 aromatic carbocycles. The third-order valence-electron chi connectivity index (χ3n) is 2.77. The van der Waals surface area contributed by atoms with Crippen molar-refractivity contribution in [2.24, 2.45) is 0 Å². The molecule has 0 unspecified atom stereocenters. The zero-order valence-corrected chi connectivity index (χ0v) is 11.1. The number of amides is 2. The first-order chi connectivity index (χ1) is 8.49. The van der Waals surface area contributed by atoms with Crippen LogP contribution in [0.2, 0.25) is 0 Å². The van der Waals surface area contributed by atoms with Gasteiger partial charge in [-0.3, -0.25) is 9.59 Å². The molecule has 8 heteroatoms. The number of nitrogen functional groups attached to an aromatic ring is 1. The molecule has 0 saturated carbocycles. The molecule has 0 aliphatic carbocycles. The van der Waals surface area contributed by atoms with E-state index in [9.17, 15) is 9.59 Å². The van der Waals surface area contributed by atoms with Crippen LogP contribution in [0.1, 0.15) is 18.9 Å². The maximum Gasteiger partial charge on any atom is 0.312 e. The zero-order chi connectivity index (χ0) is 13.3. The van der Waals surface area contributed by atoms with Crippen LogP contribution in [0.15, 0.2) is 0 Å². The van der Waals surface area contributed by atoms with Crippen molar-refractivity contribution in [3.63, 3.8) is 0 Å². The van der Waals surface area contributed by atoms with Crippen LogP contribution in [0.25, 0.3) is 0 Å². The number of hydrogen-bond acceptors (Lipinski definition) is 6. The Morgan fingerprint density at radius 2 is 2.00 bits per heavy atom. The van der Waals surface area contributed by atoms with E-state index in [-0.39, 0.29) is 6.04 Å². The molecule has 1 aromatic heterocycles. The van der Waals surface area contributed by atoms with Gasteiger partial charge in [-0.15, -0.1) is 10.2 Å². The van der Waals surface area contributed by atoms with Gasteiger partial charge in [0, 0.05) is 19.1 Å². The van der Waals surface area contributed by atoms with Crippen LogP contribution in [0.3, 0.4) is 0 Å². The Morgan fingerprint density at radius 3 is 2.56 bits per heavy atom. The lowest BCUT2D eigenvalue weighted by molar-refractivity contribution is -0.157. The van der Waals surface area contributed by atoms with E-state index >= 15 is 0 Å². The first-order valence-corrected chi connectivity index (χ1v) is 6.48. The van der Waals surface area contributed by atoms with Crippen molar-refractivity contribution < 1.29 is 9.59 Å². The summed E-state index contributed by atoms with van der Waals surface area (Å²) in [7, 11) is 0. The van der Waals surface area contributed by atoms with Crippen LogP contribution < -0.4 is 5.73 Å². The summed E-state index contributed by atoms with van der Waals surface area (Å²) in [6, 6.07) is 0.0424. The second-order valence-corrected chi connectivity index (χ2v) is 5.45. The first kappa shape index (κ1) is 12.7. The maximum absolute atomic E-state index is 11.9. The van der Waals surface area contributed by atoms with Crippen molar-refractivity contribution in [3.05, 3.63) is 5.01 Å². The van der Waals surface area contributed by atoms with E-state index in [2.05, 4.69) is 10.2 Å². The molecule has 7 nitrogen and oxygen atoms in total. The second kappa shape index (κ2) is 4.89. The summed E-state index contributed by atoms with van der Waals surface area (Å²) in [6.45, 7) is 5.16. The molecule has 1 aliphatic rings. The van der Waals surface area contributed by atoms with Gasteiger partial charge < -0.3 is 15.5 Å². The van der Waals surface area contributed by atoms with Crippen molar-refractivity contribution >= 4 is 28.3 Å². The van der Waals surface area contributed by atoms with E-state index in [1.54, 1.807) is 4.90 Å². The fraction of sp³-hybridized carbons (Fsp3) is 0.600. The molecular formula is C10H15N5O2S. The lowest BCUT2D eigenvalue weighted by Crippen LogP contribution is -2.55. The van der Waals surface area contributed by atoms with Crippen LogP contribution in [-0.2, 0) is 16.1 Å². The summed E-state index contributed by atoms with van der Waals surface area (Å²) in [4.78, 5) is 26.8. The minimum absolute atomic E-state index is 0.0424. The van der Waals surface area contributed by atoms with Crippen LogP contribution in [0.4, 0.5) is 5.13 Å². The van der Waals surface area contributed by atoms with Crippen LogP contribution >= 0.6 is 11.3 Å². The third-order valence-corrected chi connectivity index (χ3v) is 3.51. The van der Waals surface area contributed by atoms with E-state index in [0.717, 1.165) is 0 Å². The smallest absolute Gasteiger partial charge is 0.312 e. The lowest BCUT2D eigenvalue weighted by atomic mass is 10.2. The van der Waals surface area contributed by atoms with Gasteiger partial charge in [0.05, 0.1) is 6.54 Å². The SMILES string of the molecule is CC(C)N1CCN(Cc2nnc(N)s2)C(=O)C1=O. The zero-order valence-electron chi connectivity index (χ0n) is 10.3. The normalized spacial score (nSPS) is 16.8. The fourth-order valence-electron chi connectivity index (χ4n) is 1.83. The highest BCUT2D eigenvalue weighted by atomic mass is 32.1. The number of rotatable bonds is 3. The molecule has 0 spiro atoms. The minimum Gasteiger partial charge on any atom is -0.374 e. The lowest BCUT2D eigenvalue weighted by Gasteiger charge is -2.35. The van der Waals surface area contributed by atoms with Crippen molar-refractivity contribution in [1.82, 2.24) is 20.0 Å². The summed E-state index contributed by atoms with van der Waals surface area (Å²) in [5.74, 6) is -0.933. The molecule has 98 valence electrons. The maximum atomic E-state index is 11.9. The Kier molecular flexibility index (Phi) is 3.46. The number of nitrogens with two attached hydrogens (primary N) is 1. The Morgan fingerprint density at radius 1 is 1.28 bits per heavy atom. The first-order valence-electron chi connectivity index (χ1n) is 5.66. The second-order valence-electron chi connectivity index (χ2n) is 4.35. The average Bonchev–Trinajstić information content (AvgIpc) is 2.70. The predicted molar refractivity (Wildman–Crippen MR) is 66.6 cm³/mol. The van der Waals surface area contributed by atoms with Crippen LogP contribution in [0.5, 0.6) is 0 Å². The Balaban J connectivity index is 2.04. The molecule has 18 heavy (non-hydrogen) atoms. The number of aromatic nitrogens is 2. The molecule has 0 radical (unpaired) electrons. The van der Waals surface area contributed by atoms with Crippen molar-refractivity contribution in [1.29, 1.82) is 0 Å². The Labute approximate surface area is 109 Å². The minimum atomic E-state index is -0.483. The fourth-order valence-corrected chi connectivity index (χ4v) is 2.45. The number of carbonyl (C=O) groups excluding carboxylic acids is 2. The summed E-state index contributed by atoms with van der Waals surface area (Å²) in [5, 5.41) is 8.54. The Bertz CT molecular complexity index is 473. The standard InChI is InChI=1S/C10H15N5O2S/c1-6(2)15-4-3-14(8(16)9(15)17)5-7-12-13-10(11)18-7/h6H,3-5H2,1-2H3,(H2,11,13). The topological polar surface area (TPSA) is 92.4 Å². The summed E-state index contributed by atoms with van der Waals surface area (Å²) >= 11 is 1.23. The van der Waals surface area contributed by atoms with Gasteiger partial charge in [-0.2, -0.15) is 0 Å². The van der Waals surface area contributed by atoms with Crippen LogP contribution in [-0.4, -0.2) is 50.9 Å². The number of hydrogen-bond donors (Lipinski definition) is 1. The van der Waals surface area contributed by atoms with Gasteiger partial charge in [0.25, 0.3) is 0 Å². The van der Waals surface area contributed by atoms with Gasteiger partial charge in [-0.1, -0.05) is 11.3 Å². The molecule has 1 aromatic rings. The van der Waals surface area contributed by atoms with Crippen molar-refractivity contribution in [2.75, 3.05) is 18.8 Å². The van der Waals surface area contributed by atoms with Crippen molar-refractivity contribution in [2.45, 2.75) is 26.4 Å². The largest absolute Gasteiger partial charge is 0.374 e. The predicted octanol–water partition coefficient (Wildman–Crippen LogP) is -0.301. The van der Waals surface area contributed by atoms with Gasteiger partial charge in [0.15, 0.2) is 0 Å². The molecule has 1 aliphatic heterocycles. The molecular weight excluding hydrogens is 254 g/mol. The average molecular weight is 269 g/mol. The summed E-state index contributed by atoms with van der Waals surface area (Å²) < 4.78 is 0. The van der Waals surface area contributed by atoms with E-state index in [4.69, 9.17) is 5.73 Å². The van der Waals surface area contributed by atoms with E-state index in [0.29, 0.717) is 29.8 Å². The highest BCUT2D eigenvalue weighted by Crippen LogP contribution is 2.16. The summed E-state index contributed by atoms with van der Waals surface area (Å²) in [6.07, 6.45) is 0. The molecule has 1 saturated heterocycles. The number of piperazine rings is 1. The van der Waals surface area contributed by atoms with Crippen LogP contribution in [0, 0.1) is 0 Å². The van der Waals surface area contributed by atoms with E-state index in [1.807, 2.05) is 13.8 Å². The number of nitrogens with zero attached hydrogens (tertiary/aromatic N) is 4. The number of anilines is 1. The summed E-state index contributed by atoms with van der Waals surface area (Å²) in [5.41, 5.74) is 5.47. The molecule has 2 rings (SSSR count). The van der Waals surface area contributed by atoms with Gasteiger partial charge in [-0.05, 0) is 13.8 Å². The van der Waals surface area contributed by atoms with Gasteiger partial charge in [-0.25, -0.2) is 0 Å². The molecule has 0 atom stereocenters. The van der Waals surface area contributed by atoms with Gasteiger partial charge >= 0.3 is 11.8 Å². The Hall–Kier alpha value is -1.70. The monoisotopic (exact) mass is 269 g/mol. The van der Waals surface area contributed by atoms with E-state index < -0.39 is 11.8 Å². The quantitative estimate of drug-likeness (QED) is 0.760. The highest BCUT2D eigenvalue weighted by Gasteiger charge is 2.34. The highest BCUT2D eigenvalue weighted by molar-refractivity contribution is 7.15. The molecule has 2 N–H and O–H groups in total. The molecule has 1 fully saturated rings. The third kappa shape index (κ3) is 2.42. The molecule has 2 amide bonds. The van der Waals surface area contributed by atoms with E-state index in [1.165, 1.54) is 16.2 Å². The number of carbonyl (C=O) groups is 2. The molecule has 0 bridgehead atoms. The van der Waals surface area contributed by atoms with Gasteiger partial charge in [0.1, 0.15) is 5.01 Å².